The molecule has 2 aromatic rings. The number of benzene rings is 1. The minimum Gasteiger partial charge on any atom is -0.491 e. The van der Waals surface area contributed by atoms with Gasteiger partial charge in [0.1, 0.15) is 12.4 Å². The fourth-order valence-corrected chi connectivity index (χ4v) is 2.60. The number of nitrogens with zero attached hydrogens (tertiary/aromatic N) is 3. The second-order valence-electron chi connectivity index (χ2n) is 6.04. The van der Waals surface area contributed by atoms with Gasteiger partial charge in [0.2, 0.25) is 0 Å². The van der Waals surface area contributed by atoms with Crippen LogP contribution in [0, 0.1) is 13.8 Å². The van der Waals surface area contributed by atoms with Crippen molar-refractivity contribution in [3.05, 3.63) is 46.8 Å². The van der Waals surface area contributed by atoms with Crippen LogP contribution >= 0.6 is 0 Å². The first-order valence-electron chi connectivity index (χ1n) is 8.69. The number of ether oxygens (including phenoxy) is 2. The molecule has 0 aliphatic rings. The number of guanidine groups is 1. The fraction of sp³-hybridized carbons (Fsp3) is 0.474. The topological polar surface area (TPSA) is 72.7 Å². The van der Waals surface area contributed by atoms with Crippen molar-refractivity contribution in [3.8, 4) is 5.75 Å². The Morgan fingerprint density at radius 2 is 1.81 bits per heavy atom. The normalized spacial score (nSPS) is 11.5. The zero-order chi connectivity index (χ0) is 18.9. The van der Waals surface area contributed by atoms with Gasteiger partial charge in [0, 0.05) is 45.6 Å². The van der Waals surface area contributed by atoms with Crippen molar-refractivity contribution in [2.24, 2.45) is 12.0 Å². The summed E-state index contributed by atoms with van der Waals surface area (Å²) in [6, 6.07) is 8.01. The van der Waals surface area contributed by atoms with Crippen LogP contribution in [0.15, 0.2) is 29.3 Å². The maximum Gasteiger partial charge on any atom is 0.191 e. The highest BCUT2D eigenvalue weighted by Crippen LogP contribution is 2.12. The smallest absolute Gasteiger partial charge is 0.191 e. The third-order valence-corrected chi connectivity index (χ3v) is 4.25. The highest BCUT2D eigenvalue weighted by atomic mass is 16.5. The number of nitrogens with one attached hydrogen (secondary N) is 2. The van der Waals surface area contributed by atoms with Crippen molar-refractivity contribution in [1.29, 1.82) is 0 Å². The lowest BCUT2D eigenvalue weighted by molar-refractivity contribution is 0.146. The van der Waals surface area contributed by atoms with Gasteiger partial charge in [0.15, 0.2) is 5.96 Å². The Bertz CT molecular complexity index is 722. The summed E-state index contributed by atoms with van der Waals surface area (Å²) in [5.41, 5.74) is 4.56. The second-order valence-corrected chi connectivity index (χ2v) is 6.04. The van der Waals surface area contributed by atoms with Crippen LogP contribution in [0.1, 0.15) is 22.5 Å². The molecule has 0 aliphatic carbocycles. The van der Waals surface area contributed by atoms with E-state index in [2.05, 4.69) is 27.6 Å². The van der Waals surface area contributed by atoms with E-state index < -0.39 is 0 Å². The molecule has 26 heavy (non-hydrogen) atoms. The van der Waals surface area contributed by atoms with Crippen molar-refractivity contribution >= 4 is 5.96 Å². The van der Waals surface area contributed by atoms with E-state index in [0.29, 0.717) is 26.3 Å². The number of hydrogen-bond acceptors (Lipinski definition) is 4. The van der Waals surface area contributed by atoms with Crippen LogP contribution in [0.3, 0.4) is 0 Å². The lowest BCUT2D eigenvalue weighted by Gasteiger charge is -2.13. The quantitative estimate of drug-likeness (QED) is 0.428. The minimum absolute atomic E-state index is 0.553. The van der Waals surface area contributed by atoms with Gasteiger partial charge in [-0.3, -0.25) is 9.67 Å². The molecule has 0 bridgehead atoms. The van der Waals surface area contributed by atoms with Crippen LogP contribution in [-0.4, -0.2) is 43.1 Å². The average molecular weight is 359 g/mol. The van der Waals surface area contributed by atoms with Crippen LogP contribution in [-0.2, 0) is 24.9 Å². The van der Waals surface area contributed by atoms with E-state index in [1.165, 1.54) is 5.56 Å². The van der Waals surface area contributed by atoms with Crippen LogP contribution in [0.4, 0.5) is 0 Å². The van der Waals surface area contributed by atoms with Crippen molar-refractivity contribution in [2.45, 2.75) is 26.9 Å². The standard InChI is InChI=1S/C19H29N5O2/c1-14-18(15(2)24(4)23-14)13-22-19(20-3)21-12-16-6-8-17(9-7-16)26-11-10-25-5/h6-9H,10-13H2,1-5H3,(H2,20,21,22). The molecule has 1 aromatic heterocycles. The summed E-state index contributed by atoms with van der Waals surface area (Å²) in [4.78, 5) is 4.28. The Labute approximate surface area is 155 Å². The predicted octanol–water partition coefficient (Wildman–Crippen LogP) is 1.93. The van der Waals surface area contributed by atoms with E-state index in [-0.39, 0.29) is 0 Å². The number of aromatic nitrogens is 2. The summed E-state index contributed by atoms with van der Waals surface area (Å²) in [6.07, 6.45) is 0. The van der Waals surface area contributed by atoms with Crippen LogP contribution < -0.4 is 15.4 Å². The Hall–Kier alpha value is -2.54. The molecule has 0 atom stereocenters. The lowest BCUT2D eigenvalue weighted by atomic mass is 10.2. The number of aryl methyl sites for hydroxylation is 2. The van der Waals surface area contributed by atoms with Crippen LogP contribution in [0.25, 0.3) is 0 Å². The van der Waals surface area contributed by atoms with Gasteiger partial charge in [-0.2, -0.15) is 5.10 Å². The molecule has 0 aliphatic heterocycles. The van der Waals surface area contributed by atoms with Gasteiger partial charge >= 0.3 is 0 Å². The lowest BCUT2D eigenvalue weighted by Crippen LogP contribution is -2.36. The molecular weight excluding hydrogens is 330 g/mol. The molecule has 1 aromatic carbocycles. The largest absolute Gasteiger partial charge is 0.491 e. The summed E-state index contributed by atoms with van der Waals surface area (Å²) >= 11 is 0. The van der Waals surface area contributed by atoms with Crippen molar-refractivity contribution < 1.29 is 9.47 Å². The van der Waals surface area contributed by atoms with Gasteiger partial charge in [-0.1, -0.05) is 12.1 Å². The van der Waals surface area contributed by atoms with Crippen molar-refractivity contribution in [3.63, 3.8) is 0 Å². The van der Waals surface area contributed by atoms with Gasteiger partial charge in [-0.05, 0) is 31.5 Å². The van der Waals surface area contributed by atoms with E-state index in [4.69, 9.17) is 9.47 Å². The van der Waals surface area contributed by atoms with Gasteiger partial charge in [0.05, 0.1) is 12.3 Å². The molecule has 0 spiro atoms. The van der Waals surface area contributed by atoms with Crippen molar-refractivity contribution in [1.82, 2.24) is 20.4 Å². The molecular formula is C19H29N5O2. The predicted molar refractivity (Wildman–Crippen MR) is 104 cm³/mol. The number of rotatable bonds is 8. The summed E-state index contributed by atoms with van der Waals surface area (Å²) in [5, 5.41) is 11.1. The summed E-state index contributed by atoms with van der Waals surface area (Å²) < 4.78 is 12.4. The minimum atomic E-state index is 0.553. The second kappa shape index (κ2) is 9.82. The maximum absolute atomic E-state index is 5.57. The first-order valence-corrected chi connectivity index (χ1v) is 8.69. The van der Waals surface area contributed by atoms with Crippen molar-refractivity contribution in [2.75, 3.05) is 27.4 Å². The molecule has 7 heteroatoms. The highest BCUT2D eigenvalue weighted by molar-refractivity contribution is 5.79. The van der Waals surface area contributed by atoms with Gasteiger partial charge < -0.3 is 20.1 Å². The first-order chi connectivity index (χ1) is 12.5. The number of aliphatic imine (C=N–C) groups is 1. The molecule has 2 N–H and O–H groups in total. The molecule has 142 valence electrons. The monoisotopic (exact) mass is 359 g/mol. The molecule has 0 unspecified atom stereocenters. The van der Waals surface area contributed by atoms with Gasteiger partial charge in [-0.15, -0.1) is 0 Å². The molecule has 0 saturated carbocycles. The van der Waals surface area contributed by atoms with Gasteiger partial charge in [0.25, 0.3) is 0 Å². The van der Waals surface area contributed by atoms with E-state index >= 15 is 0 Å². The van der Waals surface area contributed by atoms with E-state index in [1.807, 2.05) is 42.9 Å². The summed E-state index contributed by atoms with van der Waals surface area (Å²) in [7, 11) is 5.39. The van der Waals surface area contributed by atoms with Crippen LogP contribution in [0.2, 0.25) is 0 Å². The fourth-order valence-electron chi connectivity index (χ4n) is 2.60. The molecule has 0 amide bonds. The summed E-state index contributed by atoms with van der Waals surface area (Å²) in [5.74, 6) is 1.60. The molecule has 0 fully saturated rings. The molecule has 1 heterocycles. The Morgan fingerprint density at radius 3 is 2.38 bits per heavy atom. The van der Waals surface area contributed by atoms with E-state index in [9.17, 15) is 0 Å². The average Bonchev–Trinajstić information content (AvgIpc) is 2.89. The highest BCUT2D eigenvalue weighted by Gasteiger charge is 2.09. The SMILES string of the molecule is CN=C(NCc1ccc(OCCOC)cc1)NCc1c(C)nn(C)c1C. The maximum atomic E-state index is 5.57. The molecule has 2 rings (SSSR count). The van der Waals surface area contributed by atoms with E-state index in [1.54, 1.807) is 14.2 Å². The number of hydrogen-bond donors (Lipinski definition) is 2. The molecule has 7 nitrogen and oxygen atoms in total. The Balaban J connectivity index is 1.83. The Morgan fingerprint density at radius 1 is 1.12 bits per heavy atom. The third kappa shape index (κ3) is 5.49. The first kappa shape index (κ1) is 19.8. The molecule has 0 radical (unpaired) electrons. The van der Waals surface area contributed by atoms with Gasteiger partial charge in [-0.25, -0.2) is 0 Å². The van der Waals surface area contributed by atoms with Crippen LogP contribution in [0.5, 0.6) is 5.75 Å². The third-order valence-electron chi connectivity index (χ3n) is 4.25. The number of methoxy groups -OCH3 is 1. The summed E-state index contributed by atoms with van der Waals surface area (Å²) in [6.45, 7) is 6.61. The zero-order valence-corrected chi connectivity index (χ0v) is 16.3. The Kier molecular flexibility index (Phi) is 7.47. The van der Waals surface area contributed by atoms with E-state index in [0.717, 1.165) is 28.7 Å². The molecule has 0 saturated heterocycles. The zero-order valence-electron chi connectivity index (χ0n) is 16.3.